The highest BCUT2D eigenvalue weighted by Crippen LogP contribution is 2.10. The van der Waals surface area contributed by atoms with E-state index in [0.29, 0.717) is 6.54 Å². The first-order valence-corrected chi connectivity index (χ1v) is 4.96. The largest absolute Gasteiger partial charge is 0.480 e. The molecular weight excluding hydrogens is 213 g/mol. The van der Waals surface area contributed by atoms with Gasteiger partial charge in [-0.15, -0.1) is 0 Å². The predicted octanol–water partition coefficient (Wildman–Crippen LogP) is 0.661. The Hall–Kier alpha value is -1.27. The lowest BCUT2D eigenvalue weighted by molar-refractivity contribution is -0.142. The van der Waals surface area contributed by atoms with Gasteiger partial charge in [0.15, 0.2) is 0 Å². The first-order chi connectivity index (χ1) is 7.40. The Kier molecular flexibility index (Phi) is 6.52. The number of nitrogens with one attached hydrogen (secondary N) is 2. The van der Waals surface area contributed by atoms with Gasteiger partial charge in [-0.2, -0.15) is 0 Å². The molecule has 0 rings (SSSR count). The van der Waals surface area contributed by atoms with Gasteiger partial charge in [0.05, 0.1) is 0 Å². The van der Waals surface area contributed by atoms with E-state index in [9.17, 15) is 9.18 Å². The topological polar surface area (TPSA) is 99.2 Å². The van der Waals surface area contributed by atoms with Crippen molar-refractivity contribution in [2.75, 3.05) is 13.1 Å². The third-order valence-electron chi connectivity index (χ3n) is 2.06. The standard InChI is InChI=1S/C10H18FN3O2/c1-10(13,9(15)16)4-2-3-8(11)7-14-6-5-12/h3,5,12,14H,2,4,6-7,13H2,1H3,(H,15,16)/b8-3-,12-5?/t10-/m0/s1. The minimum Gasteiger partial charge on any atom is -0.480 e. The van der Waals surface area contributed by atoms with E-state index in [-0.39, 0.29) is 25.2 Å². The lowest BCUT2D eigenvalue weighted by Gasteiger charge is -2.17. The molecule has 0 amide bonds. The highest BCUT2D eigenvalue weighted by atomic mass is 19.1. The zero-order valence-corrected chi connectivity index (χ0v) is 9.29. The summed E-state index contributed by atoms with van der Waals surface area (Å²) in [5.74, 6) is -1.47. The molecule has 0 radical (unpaired) electrons. The Morgan fingerprint density at radius 3 is 2.81 bits per heavy atom. The van der Waals surface area contributed by atoms with Crippen LogP contribution in [-0.2, 0) is 4.79 Å². The summed E-state index contributed by atoms with van der Waals surface area (Å²) >= 11 is 0. The van der Waals surface area contributed by atoms with Gasteiger partial charge in [0.1, 0.15) is 11.4 Å². The second-order valence-corrected chi connectivity index (χ2v) is 3.75. The number of nitrogens with two attached hydrogens (primary N) is 1. The van der Waals surface area contributed by atoms with Crippen LogP contribution in [0.5, 0.6) is 0 Å². The fourth-order valence-corrected chi connectivity index (χ4v) is 0.971. The van der Waals surface area contributed by atoms with Gasteiger partial charge in [-0.1, -0.05) is 6.08 Å². The van der Waals surface area contributed by atoms with Crippen molar-refractivity contribution in [3.63, 3.8) is 0 Å². The minimum atomic E-state index is -1.32. The molecule has 0 bridgehead atoms. The monoisotopic (exact) mass is 231 g/mol. The number of carbonyl (C=O) groups is 1. The Morgan fingerprint density at radius 1 is 1.69 bits per heavy atom. The molecule has 16 heavy (non-hydrogen) atoms. The fourth-order valence-electron chi connectivity index (χ4n) is 0.971. The molecule has 5 N–H and O–H groups in total. The maximum atomic E-state index is 13.0. The number of hydrogen-bond donors (Lipinski definition) is 4. The smallest absolute Gasteiger partial charge is 0.323 e. The molecule has 6 heteroatoms. The van der Waals surface area contributed by atoms with Gasteiger partial charge < -0.3 is 21.6 Å². The van der Waals surface area contributed by atoms with Crippen molar-refractivity contribution >= 4 is 12.2 Å². The zero-order valence-electron chi connectivity index (χ0n) is 9.29. The summed E-state index contributed by atoms with van der Waals surface area (Å²) in [6.45, 7) is 1.75. The first-order valence-electron chi connectivity index (χ1n) is 4.96. The molecule has 0 aromatic heterocycles. The SMILES string of the molecule is C[C@](N)(CC/C=C(\F)CNCC=N)C(=O)O. The highest BCUT2D eigenvalue weighted by Gasteiger charge is 2.26. The van der Waals surface area contributed by atoms with Gasteiger partial charge in [0, 0.05) is 19.3 Å². The van der Waals surface area contributed by atoms with Crippen LogP contribution in [-0.4, -0.2) is 35.9 Å². The molecule has 0 saturated carbocycles. The number of rotatable bonds is 8. The van der Waals surface area contributed by atoms with Crippen molar-refractivity contribution in [2.45, 2.75) is 25.3 Å². The van der Waals surface area contributed by atoms with E-state index in [1.54, 1.807) is 0 Å². The van der Waals surface area contributed by atoms with Gasteiger partial charge in [-0.05, 0) is 19.8 Å². The maximum Gasteiger partial charge on any atom is 0.323 e. The third-order valence-corrected chi connectivity index (χ3v) is 2.06. The molecule has 0 aliphatic heterocycles. The number of halogens is 1. The molecule has 0 aliphatic carbocycles. The van der Waals surface area contributed by atoms with Crippen molar-refractivity contribution in [1.82, 2.24) is 5.32 Å². The van der Waals surface area contributed by atoms with E-state index >= 15 is 0 Å². The summed E-state index contributed by atoms with van der Waals surface area (Å²) in [7, 11) is 0. The van der Waals surface area contributed by atoms with Gasteiger partial charge in [0.25, 0.3) is 0 Å². The van der Waals surface area contributed by atoms with Crippen LogP contribution in [0.4, 0.5) is 4.39 Å². The van der Waals surface area contributed by atoms with Crippen molar-refractivity contribution < 1.29 is 14.3 Å². The highest BCUT2D eigenvalue weighted by molar-refractivity contribution is 5.77. The van der Waals surface area contributed by atoms with Gasteiger partial charge in [-0.3, -0.25) is 4.79 Å². The molecule has 0 heterocycles. The van der Waals surface area contributed by atoms with Crippen molar-refractivity contribution in [3.05, 3.63) is 11.9 Å². The summed E-state index contributed by atoms with van der Waals surface area (Å²) < 4.78 is 13.0. The Morgan fingerprint density at radius 2 is 2.31 bits per heavy atom. The second kappa shape index (κ2) is 7.08. The summed E-state index contributed by atoms with van der Waals surface area (Å²) in [6.07, 6.45) is 2.90. The Labute approximate surface area is 94.0 Å². The zero-order chi connectivity index (χ0) is 12.6. The van der Waals surface area contributed by atoms with E-state index in [1.807, 2.05) is 0 Å². The third kappa shape index (κ3) is 6.26. The quantitative estimate of drug-likeness (QED) is 0.364. The predicted molar refractivity (Wildman–Crippen MR) is 60.3 cm³/mol. The number of carboxylic acid groups (broad SMARTS) is 1. The van der Waals surface area contributed by atoms with Crippen LogP contribution in [0.1, 0.15) is 19.8 Å². The normalized spacial score (nSPS) is 15.6. The van der Waals surface area contributed by atoms with Gasteiger partial charge in [0.2, 0.25) is 0 Å². The number of aliphatic carboxylic acids is 1. The summed E-state index contributed by atoms with van der Waals surface area (Å²) in [6, 6.07) is 0. The number of allylic oxidation sites excluding steroid dienone is 1. The Bertz CT molecular complexity index is 277. The molecule has 92 valence electrons. The lowest BCUT2D eigenvalue weighted by Crippen LogP contribution is -2.44. The molecule has 0 unspecified atom stereocenters. The number of hydrogen-bond acceptors (Lipinski definition) is 4. The van der Waals surface area contributed by atoms with Crippen LogP contribution in [0.2, 0.25) is 0 Å². The number of carboxylic acids is 1. The van der Waals surface area contributed by atoms with Crippen LogP contribution in [0, 0.1) is 5.41 Å². The molecule has 0 aromatic carbocycles. The summed E-state index contributed by atoms with van der Waals surface area (Å²) in [5, 5.41) is 18.1. The van der Waals surface area contributed by atoms with Gasteiger partial charge in [-0.25, -0.2) is 4.39 Å². The molecule has 0 aliphatic rings. The fraction of sp³-hybridized carbons (Fsp3) is 0.600. The molecule has 1 atom stereocenters. The average Bonchev–Trinajstić information content (AvgIpc) is 2.17. The first kappa shape index (κ1) is 14.7. The van der Waals surface area contributed by atoms with Crippen molar-refractivity contribution in [2.24, 2.45) is 5.73 Å². The molecular formula is C10H18FN3O2. The van der Waals surface area contributed by atoms with Crippen LogP contribution < -0.4 is 11.1 Å². The average molecular weight is 231 g/mol. The van der Waals surface area contributed by atoms with Crippen molar-refractivity contribution in [3.8, 4) is 0 Å². The maximum absolute atomic E-state index is 13.0. The lowest BCUT2D eigenvalue weighted by atomic mass is 9.97. The second-order valence-electron chi connectivity index (χ2n) is 3.75. The van der Waals surface area contributed by atoms with E-state index in [4.69, 9.17) is 16.2 Å². The molecule has 0 fully saturated rings. The molecule has 5 nitrogen and oxygen atoms in total. The van der Waals surface area contributed by atoms with Crippen LogP contribution in [0.15, 0.2) is 11.9 Å². The molecule has 0 aromatic rings. The molecule has 0 spiro atoms. The summed E-state index contributed by atoms with van der Waals surface area (Å²) in [4.78, 5) is 10.6. The minimum absolute atomic E-state index is 0.0454. The van der Waals surface area contributed by atoms with E-state index in [2.05, 4.69) is 5.32 Å². The molecule has 0 saturated heterocycles. The van der Waals surface area contributed by atoms with E-state index < -0.39 is 11.5 Å². The van der Waals surface area contributed by atoms with Crippen LogP contribution in [0.3, 0.4) is 0 Å². The summed E-state index contributed by atoms with van der Waals surface area (Å²) in [5.41, 5.74) is 4.15. The van der Waals surface area contributed by atoms with Crippen LogP contribution >= 0.6 is 0 Å². The van der Waals surface area contributed by atoms with E-state index in [1.165, 1.54) is 13.0 Å². The van der Waals surface area contributed by atoms with E-state index in [0.717, 1.165) is 6.21 Å². The Balaban J connectivity index is 3.90. The van der Waals surface area contributed by atoms with Crippen molar-refractivity contribution in [1.29, 1.82) is 5.41 Å². The van der Waals surface area contributed by atoms with Gasteiger partial charge >= 0.3 is 5.97 Å². The van der Waals surface area contributed by atoms with Crippen LogP contribution in [0.25, 0.3) is 0 Å².